The molecule has 5 nitrogen and oxygen atoms in total. The quantitative estimate of drug-likeness (QED) is 0.796. The molecule has 0 bridgehead atoms. The molecule has 0 atom stereocenters. The van der Waals surface area contributed by atoms with E-state index in [1.54, 1.807) is 0 Å². The molecular formula is C8H12NO4PS. The normalized spacial score (nSPS) is 16.4. The summed E-state index contributed by atoms with van der Waals surface area (Å²) < 4.78 is 14.9. The summed E-state index contributed by atoms with van der Waals surface area (Å²) in [5.74, 6) is 0. The summed E-state index contributed by atoms with van der Waals surface area (Å²) in [6, 6.07) is 0. The van der Waals surface area contributed by atoms with Gasteiger partial charge in [0.15, 0.2) is 0 Å². The van der Waals surface area contributed by atoms with Crippen LogP contribution >= 0.6 is 19.2 Å². The molecule has 0 aliphatic heterocycles. The molecule has 1 aromatic heterocycles. The zero-order chi connectivity index (χ0) is 10.9. The molecule has 0 unspecified atom stereocenters. The van der Waals surface area contributed by atoms with Gasteiger partial charge in [-0.3, -0.25) is 4.52 Å². The Morgan fingerprint density at radius 3 is 2.80 bits per heavy atom. The van der Waals surface area contributed by atoms with Crippen LogP contribution in [-0.4, -0.2) is 14.8 Å². The van der Waals surface area contributed by atoms with Crippen LogP contribution in [0, 0.1) is 0 Å². The van der Waals surface area contributed by atoms with E-state index in [0.717, 1.165) is 25.0 Å². The fourth-order valence-corrected chi connectivity index (χ4v) is 3.05. The third-order valence-corrected chi connectivity index (χ3v) is 3.84. The number of hydrogen-bond donors (Lipinski definition) is 2. The Kier molecular flexibility index (Phi) is 3.23. The van der Waals surface area contributed by atoms with Gasteiger partial charge in [0, 0.05) is 4.88 Å². The standard InChI is InChI=1S/C8H12NO4PS/c10-14(11,12)13-5-8-9-6-3-1-2-4-7(6)15-8/h1-5H2,(H2,10,11,12). The average molecular weight is 249 g/mol. The lowest BCUT2D eigenvalue weighted by Gasteiger charge is -2.06. The van der Waals surface area contributed by atoms with Gasteiger partial charge in [0.2, 0.25) is 0 Å². The van der Waals surface area contributed by atoms with E-state index in [2.05, 4.69) is 9.51 Å². The van der Waals surface area contributed by atoms with Crippen molar-refractivity contribution in [3.05, 3.63) is 15.6 Å². The van der Waals surface area contributed by atoms with E-state index in [9.17, 15) is 4.57 Å². The molecule has 84 valence electrons. The molecule has 7 heteroatoms. The van der Waals surface area contributed by atoms with Crippen LogP contribution in [0.2, 0.25) is 0 Å². The monoisotopic (exact) mass is 249 g/mol. The zero-order valence-corrected chi connectivity index (χ0v) is 9.76. The number of fused-ring (bicyclic) bond motifs is 1. The molecule has 1 heterocycles. The first-order valence-electron chi connectivity index (χ1n) is 4.72. The van der Waals surface area contributed by atoms with Crippen molar-refractivity contribution in [1.29, 1.82) is 0 Å². The van der Waals surface area contributed by atoms with Gasteiger partial charge in [-0.15, -0.1) is 11.3 Å². The fraction of sp³-hybridized carbons (Fsp3) is 0.625. The number of thiazole rings is 1. The molecule has 0 spiro atoms. The van der Waals surface area contributed by atoms with Crippen molar-refractivity contribution >= 4 is 19.2 Å². The van der Waals surface area contributed by atoms with Crippen molar-refractivity contribution in [3.63, 3.8) is 0 Å². The Morgan fingerprint density at radius 2 is 2.13 bits per heavy atom. The Bertz CT molecular complexity index is 376. The highest BCUT2D eigenvalue weighted by molar-refractivity contribution is 7.46. The largest absolute Gasteiger partial charge is 0.469 e. The molecule has 1 aliphatic rings. The second-order valence-corrected chi connectivity index (χ2v) is 5.86. The molecule has 1 aromatic rings. The number of aromatic nitrogens is 1. The minimum atomic E-state index is -4.37. The number of phosphoric acid groups is 1. The molecule has 0 aromatic carbocycles. The van der Waals surface area contributed by atoms with Gasteiger partial charge >= 0.3 is 7.82 Å². The summed E-state index contributed by atoms with van der Waals surface area (Å²) in [4.78, 5) is 22.6. The molecule has 15 heavy (non-hydrogen) atoms. The van der Waals surface area contributed by atoms with Gasteiger partial charge in [-0.05, 0) is 25.7 Å². The van der Waals surface area contributed by atoms with Crippen molar-refractivity contribution in [3.8, 4) is 0 Å². The molecule has 1 aliphatic carbocycles. The van der Waals surface area contributed by atoms with Crippen LogP contribution in [0.15, 0.2) is 0 Å². The number of rotatable bonds is 3. The van der Waals surface area contributed by atoms with Crippen LogP contribution in [0.3, 0.4) is 0 Å². The first-order chi connectivity index (χ1) is 7.04. The predicted molar refractivity (Wildman–Crippen MR) is 55.6 cm³/mol. The van der Waals surface area contributed by atoms with E-state index in [1.165, 1.54) is 22.6 Å². The van der Waals surface area contributed by atoms with E-state index in [-0.39, 0.29) is 6.61 Å². The van der Waals surface area contributed by atoms with E-state index in [0.29, 0.717) is 5.01 Å². The van der Waals surface area contributed by atoms with Crippen molar-refractivity contribution in [1.82, 2.24) is 4.98 Å². The minimum absolute atomic E-state index is 0.0953. The Labute approximate surface area is 91.4 Å². The maximum atomic E-state index is 10.5. The van der Waals surface area contributed by atoms with Gasteiger partial charge in [0.05, 0.1) is 5.69 Å². The molecular weight excluding hydrogens is 237 g/mol. The van der Waals surface area contributed by atoms with E-state index < -0.39 is 7.82 Å². The van der Waals surface area contributed by atoms with Crippen molar-refractivity contribution in [2.24, 2.45) is 0 Å². The summed E-state index contributed by atoms with van der Waals surface area (Å²) in [6.45, 7) is -0.0953. The summed E-state index contributed by atoms with van der Waals surface area (Å²) in [7, 11) is -4.37. The number of aryl methyl sites for hydroxylation is 2. The number of nitrogens with zero attached hydrogens (tertiary/aromatic N) is 1. The highest BCUT2D eigenvalue weighted by Crippen LogP contribution is 2.38. The Balaban J connectivity index is 2.04. The first-order valence-corrected chi connectivity index (χ1v) is 7.07. The third-order valence-electron chi connectivity index (χ3n) is 2.25. The molecule has 0 radical (unpaired) electrons. The van der Waals surface area contributed by atoms with Gasteiger partial charge in [0.25, 0.3) is 0 Å². The topological polar surface area (TPSA) is 79.7 Å². The summed E-state index contributed by atoms with van der Waals surface area (Å²) >= 11 is 1.50. The molecule has 0 amide bonds. The Morgan fingerprint density at radius 1 is 1.40 bits per heavy atom. The minimum Gasteiger partial charge on any atom is -0.303 e. The lowest BCUT2D eigenvalue weighted by molar-refractivity contribution is 0.189. The fourth-order valence-electron chi connectivity index (χ4n) is 1.61. The highest BCUT2D eigenvalue weighted by Gasteiger charge is 2.18. The first kappa shape index (κ1) is 11.2. The van der Waals surface area contributed by atoms with Crippen LogP contribution < -0.4 is 0 Å². The summed E-state index contributed by atoms with van der Waals surface area (Å²) in [5, 5.41) is 0.658. The smallest absolute Gasteiger partial charge is 0.303 e. The summed E-state index contributed by atoms with van der Waals surface area (Å²) in [6.07, 6.45) is 4.33. The van der Waals surface area contributed by atoms with Crippen LogP contribution in [0.5, 0.6) is 0 Å². The van der Waals surface area contributed by atoms with Gasteiger partial charge in [-0.25, -0.2) is 9.55 Å². The molecule has 2 N–H and O–H groups in total. The van der Waals surface area contributed by atoms with E-state index >= 15 is 0 Å². The molecule has 2 rings (SSSR count). The lowest BCUT2D eigenvalue weighted by atomic mass is 10.0. The SMILES string of the molecule is O=P(O)(O)OCc1nc2c(s1)CCCC2. The predicted octanol–water partition coefficient (Wildman–Crippen LogP) is 1.63. The molecule has 0 fully saturated rings. The van der Waals surface area contributed by atoms with Gasteiger partial charge < -0.3 is 9.79 Å². The van der Waals surface area contributed by atoms with Crippen LogP contribution in [0.1, 0.15) is 28.4 Å². The molecule has 0 saturated heterocycles. The maximum Gasteiger partial charge on any atom is 0.469 e. The lowest BCUT2D eigenvalue weighted by Crippen LogP contribution is -1.99. The van der Waals surface area contributed by atoms with Gasteiger partial charge in [-0.2, -0.15) is 0 Å². The van der Waals surface area contributed by atoms with Gasteiger partial charge in [-0.1, -0.05) is 0 Å². The van der Waals surface area contributed by atoms with Crippen LogP contribution in [0.25, 0.3) is 0 Å². The highest BCUT2D eigenvalue weighted by atomic mass is 32.1. The van der Waals surface area contributed by atoms with Crippen LogP contribution in [-0.2, 0) is 28.5 Å². The van der Waals surface area contributed by atoms with E-state index in [1.807, 2.05) is 0 Å². The second kappa shape index (κ2) is 4.31. The van der Waals surface area contributed by atoms with Gasteiger partial charge in [0.1, 0.15) is 11.6 Å². The van der Waals surface area contributed by atoms with Crippen LogP contribution in [0.4, 0.5) is 0 Å². The summed E-state index contributed by atoms with van der Waals surface area (Å²) in [5.41, 5.74) is 1.08. The number of hydrogen-bond acceptors (Lipinski definition) is 4. The second-order valence-electron chi connectivity index (χ2n) is 3.45. The van der Waals surface area contributed by atoms with Crippen molar-refractivity contribution in [2.45, 2.75) is 32.3 Å². The van der Waals surface area contributed by atoms with Crippen molar-refractivity contribution < 1.29 is 18.9 Å². The average Bonchev–Trinajstić information content (AvgIpc) is 2.56. The zero-order valence-electron chi connectivity index (χ0n) is 8.05. The molecule has 0 saturated carbocycles. The third kappa shape index (κ3) is 3.09. The Hall–Kier alpha value is -0.260. The number of phosphoric ester groups is 1. The van der Waals surface area contributed by atoms with Crippen molar-refractivity contribution in [2.75, 3.05) is 0 Å². The van der Waals surface area contributed by atoms with E-state index in [4.69, 9.17) is 9.79 Å². The maximum absolute atomic E-state index is 10.5.